The summed E-state index contributed by atoms with van der Waals surface area (Å²) in [4.78, 5) is 0. The number of aromatic nitrogens is 2. The second-order valence-electron chi connectivity index (χ2n) is 5.06. The first-order valence-electron chi connectivity index (χ1n) is 7.01. The molecule has 2 rings (SSSR count). The summed E-state index contributed by atoms with van der Waals surface area (Å²) >= 11 is 1.61. The Morgan fingerprint density at radius 2 is 2.14 bits per heavy atom. The second kappa shape index (κ2) is 7.22. The van der Waals surface area contributed by atoms with Crippen LogP contribution in [0, 0.1) is 20.8 Å². The van der Waals surface area contributed by atoms with Crippen LogP contribution >= 0.6 is 11.3 Å². The Morgan fingerprint density at radius 1 is 1.36 bits per heavy atom. The minimum Gasteiger partial charge on any atom is -0.493 e. The van der Waals surface area contributed by atoms with E-state index in [2.05, 4.69) is 15.4 Å². The van der Waals surface area contributed by atoms with Gasteiger partial charge < -0.3 is 15.7 Å². The first-order chi connectivity index (χ1) is 10.5. The summed E-state index contributed by atoms with van der Waals surface area (Å²) in [5.41, 5.74) is 9.04. The number of rotatable bonds is 6. The monoisotopic (exact) mass is 320 g/mol. The van der Waals surface area contributed by atoms with E-state index in [1.807, 2.05) is 26.8 Å². The molecule has 2 aromatic rings. The number of nitrogens with zero attached hydrogens (tertiary/aromatic N) is 3. The Bertz CT molecular complexity index is 682. The zero-order valence-electron chi connectivity index (χ0n) is 13.0. The van der Waals surface area contributed by atoms with Crippen molar-refractivity contribution in [2.24, 2.45) is 5.16 Å². The molecule has 0 saturated carbocycles. The number of nitrogen functional groups attached to an aromatic ring is 1. The molecule has 3 N–H and O–H groups in total. The van der Waals surface area contributed by atoms with E-state index in [0.717, 1.165) is 39.7 Å². The van der Waals surface area contributed by atoms with Crippen LogP contribution in [0.15, 0.2) is 11.2 Å². The van der Waals surface area contributed by atoms with Crippen LogP contribution in [0.2, 0.25) is 0 Å². The number of benzene rings is 1. The minimum absolute atomic E-state index is 0.574. The van der Waals surface area contributed by atoms with Gasteiger partial charge in [-0.25, -0.2) is 0 Å². The van der Waals surface area contributed by atoms with Crippen LogP contribution < -0.4 is 10.5 Å². The van der Waals surface area contributed by atoms with Gasteiger partial charge in [0.25, 0.3) is 0 Å². The van der Waals surface area contributed by atoms with Crippen molar-refractivity contribution in [3.63, 3.8) is 0 Å². The average molecular weight is 320 g/mol. The standard InChI is InChI=1S/C15H20N4O2S/c1-9-7-13(16)12(8-17-20)10(2)15(9)21-6-4-5-14-19-18-11(3)22-14/h7-8,20H,4-6,16H2,1-3H3. The lowest BCUT2D eigenvalue weighted by Crippen LogP contribution is -2.06. The Kier molecular flexibility index (Phi) is 5.32. The van der Waals surface area contributed by atoms with Crippen LogP contribution in [0.1, 0.15) is 33.1 Å². The molecule has 0 fully saturated rings. The molecule has 0 atom stereocenters. The summed E-state index contributed by atoms with van der Waals surface area (Å²) in [6, 6.07) is 1.83. The highest BCUT2D eigenvalue weighted by Gasteiger charge is 2.12. The number of aryl methyl sites for hydroxylation is 3. The zero-order valence-corrected chi connectivity index (χ0v) is 13.8. The first kappa shape index (κ1) is 16.2. The fourth-order valence-electron chi connectivity index (χ4n) is 2.30. The van der Waals surface area contributed by atoms with Crippen LogP contribution in [0.3, 0.4) is 0 Å². The van der Waals surface area contributed by atoms with Gasteiger partial charge in [0.05, 0.1) is 12.8 Å². The van der Waals surface area contributed by atoms with E-state index in [0.29, 0.717) is 17.9 Å². The van der Waals surface area contributed by atoms with Gasteiger partial charge in [0, 0.05) is 23.2 Å². The Labute approximate surface area is 133 Å². The Hall–Kier alpha value is -2.15. The topological polar surface area (TPSA) is 93.6 Å². The van der Waals surface area contributed by atoms with Crippen LogP contribution in [-0.2, 0) is 6.42 Å². The third kappa shape index (κ3) is 3.73. The highest BCUT2D eigenvalue weighted by atomic mass is 32.1. The molecule has 0 unspecified atom stereocenters. The summed E-state index contributed by atoms with van der Waals surface area (Å²) < 4.78 is 5.90. The lowest BCUT2D eigenvalue weighted by Gasteiger charge is -2.15. The van der Waals surface area contributed by atoms with Gasteiger partial charge in [-0.2, -0.15) is 0 Å². The fraction of sp³-hybridized carbons (Fsp3) is 0.400. The van der Waals surface area contributed by atoms with Gasteiger partial charge in [-0.05, 0) is 38.8 Å². The first-order valence-corrected chi connectivity index (χ1v) is 7.83. The molecule has 1 heterocycles. The van der Waals surface area contributed by atoms with E-state index in [9.17, 15) is 0 Å². The normalized spacial score (nSPS) is 11.2. The number of ether oxygens (including phenoxy) is 1. The van der Waals surface area contributed by atoms with Gasteiger partial charge in [0.15, 0.2) is 0 Å². The third-order valence-corrected chi connectivity index (χ3v) is 4.22. The van der Waals surface area contributed by atoms with Crippen LogP contribution in [0.4, 0.5) is 5.69 Å². The number of hydrogen-bond donors (Lipinski definition) is 2. The van der Waals surface area contributed by atoms with E-state index in [1.54, 1.807) is 11.3 Å². The predicted molar refractivity (Wildman–Crippen MR) is 88.2 cm³/mol. The molecular formula is C15H20N4O2S. The van der Waals surface area contributed by atoms with Crippen molar-refractivity contribution in [3.05, 3.63) is 32.8 Å². The molecule has 0 saturated heterocycles. The van der Waals surface area contributed by atoms with E-state index >= 15 is 0 Å². The van der Waals surface area contributed by atoms with E-state index < -0.39 is 0 Å². The molecule has 0 spiro atoms. The van der Waals surface area contributed by atoms with Gasteiger partial charge >= 0.3 is 0 Å². The molecule has 1 aromatic carbocycles. The number of anilines is 1. The number of nitrogens with two attached hydrogens (primary N) is 1. The molecular weight excluding hydrogens is 300 g/mol. The van der Waals surface area contributed by atoms with E-state index in [4.69, 9.17) is 15.7 Å². The van der Waals surface area contributed by atoms with Gasteiger partial charge in [0.1, 0.15) is 15.8 Å². The van der Waals surface area contributed by atoms with Crippen molar-refractivity contribution in [3.8, 4) is 5.75 Å². The smallest absolute Gasteiger partial charge is 0.125 e. The van der Waals surface area contributed by atoms with Crippen LogP contribution in [0.5, 0.6) is 5.75 Å². The van der Waals surface area contributed by atoms with E-state index in [1.165, 1.54) is 6.21 Å². The highest BCUT2D eigenvalue weighted by Crippen LogP contribution is 2.30. The predicted octanol–water partition coefficient (Wildman–Crippen LogP) is 2.87. The maximum absolute atomic E-state index is 8.73. The molecule has 1 aromatic heterocycles. The molecule has 7 heteroatoms. The molecule has 118 valence electrons. The van der Waals surface area contributed by atoms with Crippen LogP contribution in [0.25, 0.3) is 0 Å². The van der Waals surface area contributed by atoms with Crippen molar-refractivity contribution in [1.29, 1.82) is 0 Å². The molecule has 0 bridgehead atoms. The van der Waals surface area contributed by atoms with Gasteiger partial charge in [-0.3, -0.25) is 0 Å². The molecule has 0 aliphatic carbocycles. The maximum Gasteiger partial charge on any atom is 0.125 e. The second-order valence-corrected chi connectivity index (χ2v) is 6.33. The highest BCUT2D eigenvalue weighted by molar-refractivity contribution is 7.11. The molecule has 0 aliphatic heterocycles. The van der Waals surface area contributed by atoms with Gasteiger partial charge in [-0.15, -0.1) is 21.5 Å². The fourth-order valence-corrected chi connectivity index (χ4v) is 3.05. The summed E-state index contributed by atoms with van der Waals surface area (Å²) in [5.74, 6) is 0.789. The van der Waals surface area contributed by atoms with Crippen molar-refractivity contribution >= 4 is 23.2 Å². The van der Waals surface area contributed by atoms with Crippen LogP contribution in [-0.4, -0.2) is 28.2 Å². The molecule has 0 radical (unpaired) electrons. The number of oxime groups is 1. The van der Waals surface area contributed by atoms with Crippen molar-refractivity contribution < 1.29 is 9.94 Å². The minimum atomic E-state index is 0.574. The average Bonchev–Trinajstić information content (AvgIpc) is 2.88. The van der Waals surface area contributed by atoms with E-state index in [-0.39, 0.29) is 0 Å². The molecule has 0 aliphatic rings. The molecule has 6 nitrogen and oxygen atoms in total. The lowest BCUT2D eigenvalue weighted by atomic mass is 10.0. The summed E-state index contributed by atoms with van der Waals surface area (Å²) in [5, 5.41) is 21.9. The van der Waals surface area contributed by atoms with Crippen molar-refractivity contribution in [1.82, 2.24) is 10.2 Å². The van der Waals surface area contributed by atoms with Gasteiger partial charge in [-0.1, -0.05) is 5.16 Å². The summed E-state index contributed by atoms with van der Waals surface area (Å²) in [7, 11) is 0. The zero-order chi connectivity index (χ0) is 16.1. The van der Waals surface area contributed by atoms with Gasteiger partial charge in [0.2, 0.25) is 0 Å². The quantitative estimate of drug-likeness (QED) is 0.281. The molecule has 0 amide bonds. The Morgan fingerprint density at radius 3 is 2.77 bits per heavy atom. The third-order valence-electron chi connectivity index (χ3n) is 3.32. The molecule has 22 heavy (non-hydrogen) atoms. The number of hydrogen-bond acceptors (Lipinski definition) is 7. The summed E-state index contributed by atoms with van der Waals surface area (Å²) in [6.07, 6.45) is 3.05. The largest absolute Gasteiger partial charge is 0.493 e. The summed E-state index contributed by atoms with van der Waals surface area (Å²) in [6.45, 7) is 6.39. The maximum atomic E-state index is 8.73. The SMILES string of the molecule is Cc1nnc(CCCOc2c(C)cc(N)c(C=NO)c2C)s1. The Balaban J connectivity index is 2.01. The lowest BCUT2D eigenvalue weighted by molar-refractivity contribution is 0.306. The van der Waals surface area contributed by atoms with Crippen molar-refractivity contribution in [2.75, 3.05) is 12.3 Å². The van der Waals surface area contributed by atoms with Crippen molar-refractivity contribution in [2.45, 2.75) is 33.6 Å².